The molecule has 294 valence electrons. The Kier molecular flexibility index (Phi) is 13.6. The fourth-order valence-electron chi connectivity index (χ4n) is 5.21. The van der Waals surface area contributed by atoms with E-state index in [2.05, 4.69) is 35.9 Å². The topological polar surface area (TPSA) is 213 Å². The Morgan fingerprint density at radius 1 is 0.927 bits per heavy atom. The van der Waals surface area contributed by atoms with Gasteiger partial charge < -0.3 is 35.5 Å². The van der Waals surface area contributed by atoms with Crippen LogP contribution in [0.1, 0.15) is 46.6 Å². The van der Waals surface area contributed by atoms with E-state index in [9.17, 15) is 35.9 Å². The standard InChI is InChI=1S/C29H29ClN8O3.2C2HF3O2/c1-17-26(41-16-33-17)28(40)38-8-6-18(7-9-38)11-25(39)36-24-5-4-21-12-20(24)3-2-19-10-22(14-31-13-19)35-29-32-15-23(30)27(34-21)37-29;2*3-2(4,5)1(6)7/h4-5,10,12-16,18H,2-3,6-9,11H2,1H3,(H,36,39)(H2,32,34,35,37);2*(H,6,7). The van der Waals surface area contributed by atoms with Gasteiger partial charge in [-0.1, -0.05) is 11.6 Å². The van der Waals surface area contributed by atoms with Gasteiger partial charge in [0.25, 0.3) is 5.91 Å². The third kappa shape index (κ3) is 12.3. The third-order valence-corrected chi connectivity index (χ3v) is 8.20. The fourth-order valence-corrected chi connectivity index (χ4v) is 5.35. The van der Waals surface area contributed by atoms with Crippen LogP contribution in [0.15, 0.2) is 53.7 Å². The average Bonchev–Trinajstić information content (AvgIpc) is 3.55. The van der Waals surface area contributed by atoms with Crippen LogP contribution >= 0.6 is 11.6 Å². The van der Waals surface area contributed by atoms with E-state index in [1.165, 1.54) is 6.39 Å². The summed E-state index contributed by atoms with van der Waals surface area (Å²) in [6.45, 7) is 2.92. The first-order chi connectivity index (χ1) is 25.8. The fraction of sp³-hybridized carbons (Fsp3) is 0.333. The number of piperidine rings is 1. The van der Waals surface area contributed by atoms with E-state index in [1.807, 2.05) is 30.5 Å². The summed E-state index contributed by atoms with van der Waals surface area (Å²) in [7, 11) is 0. The van der Waals surface area contributed by atoms with E-state index in [-0.39, 0.29) is 23.5 Å². The monoisotopic (exact) mass is 800 g/mol. The molecule has 5 N–H and O–H groups in total. The molecular weight excluding hydrogens is 770 g/mol. The number of anilines is 5. The number of likely N-dealkylation sites (tertiary alicyclic amines) is 1. The second-order valence-electron chi connectivity index (χ2n) is 12.0. The molecule has 6 bridgehead atoms. The molecular formula is C33H31ClF6N8O7. The summed E-state index contributed by atoms with van der Waals surface area (Å²) in [6.07, 6.45) is -0.474. The molecule has 0 unspecified atom stereocenters. The summed E-state index contributed by atoms with van der Waals surface area (Å²) in [5.41, 5.74) is 4.95. The predicted octanol–water partition coefficient (Wildman–Crippen LogP) is 6.55. The number of aliphatic carboxylic acids is 2. The zero-order valence-corrected chi connectivity index (χ0v) is 29.2. The maximum absolute atomic E-state index is 13.1. The summed E-state index contributed by atoms with van der Waals surface area (Å²) < 4.78 is 68.7. The number of amides is 2. The number of aryl methyl sites for hydroxylation is 3. The van der Waals surface area contributed by atoms with Gasteiger partial charge in [-0.15, -0.1) is 0 Å². The number of nitrogens with zero attached hydrogens (tertiary/aromatic N) is 5. The molecule has 4 aromatic rings. The van der Waals surface area contributed by atoms with Crippen molar-refractivity contribution in [1.29, 1.82) is 0 Å². The number of carbonyl (C=O) groups excluding carboxylic acids is 2. The number of benzene rings is 1. The van der Waals surface area contributed by atoms with Gasteiger partial charge in [0.05, 0.1) is 23.8 Å². The van der Waals surface area contributed by atoms with Gasteiger partial charge >= 0.3 is 24.3 Å². The maximum Gasteiger partial charge on any atom is 0.490 e. The number of oxazole rings is 1. The summed E-state index contributed by atoms with van der Waals surface area (Å²) in [6, 6.07) is 7.81. The minimum atomic E-state index is -5.08. The number of aromatic nitrogens is 4. The Morgan fingerprint density at radius 3 is 2.18 bits per heavy atom. The molecule has 15 nitrogen and oxygen atoms in total. The van der Waals surface area contributed by atoms with Crippen LogP contribution in [0.2, 0.25) is 5.02 Å². The molecule has 3 aromatic heterocycles. The molecule has 1 fully saturated rings. The number of carbonyl (C=O) groups is 4. The SMILES string of the molecule is Cc1ncoc1C(=O)N1CCC(CC(=O)Nc2ccc3cc2CCc2cncc(c2)Nc2ncc(Cl)c(n2)N3)CC1.O=C(O)C(F)(F)F.O=C(O)C(F)(F)F. The number of carboxylic acids is 2. The van der Waals surface area contributed by atoms with Crippen molar-refractivity contribution in [3.63, 3.8) is 0 Å². The smallest absolute Gasteiger partial charge is 0.475 e. The van der Waals surface area contributed by atoms with Crippen LogP contribution in [0, 0.1) is 12.8 Å². The molecule has 5 heterocycles. The molecule has 2 aliphatic rings. The average molecular weight is 801 g/mol. The highest BCUT2D eigenvalue weighted by molar-refractivity contribution is 6.32. The molecule has 22 heteroatoms. The van der Waals surface area contributed by atoms with Gasteiger partial charge in [-0.05, 0) is 73.9 Å². The van der Waals surface area contributed by atoms with Crippen LogP contribution in [0.5, 0.6) is 0 Å². The molecule has 0 radical (unpaired) electrons. The number of carboxylic acid groups (broad SMARTS) is 2. The van der Waals surface area contributed by atoms with Crippen LogP contribution in [0.3, 0.4) is 0 Å². The van der Waals surface area contributed by atoms with Gasteiger partial charge in [0.2, 0.25) is 17.6 Å². The number of pyridine rings is 1. The van der Waals surface area contributed by atoms with Crippen molar-refractivity contribution in [3.8, 4) is 0 Å². The Morgan fingerprint density at radius 2 is 1.58 bits per heavy atom. The van der Waals surface area contributed by atoms with E-state index in [1.54, 1.807) is 24.2 Å². The van der Waals surface area contributed by atoms with Crippen molar-refractivity contribution in [2.75, 3.05) is 29.0 Å². The summed E-state index contributed by atoms with van der Waals surface area (Å²) >= 11 is 6.37. The number of hydrogen-bond donors (Lipinski definition) is 5. The van der Waals surface area contributed by atoms with E-state index in [0.29, 0.717) is 48.4 Å². The minimum Gasteiger partial charge on any atom is -0.475 e. The second-order valence-corrected chi connectivity index (χ2v) is 12.4. The molecule has 0 atom stereocenters. The Balaban J connectivity index is 0.000000410. The molecule has 2 amide bonds. The van der Waals surface area contributed by atoms with Crippen LogP contribution in [-0.2, 0) is 27.2 Å². The lowest BCUT2D eigenvalue weighted by Gasteiger charge is -2.31. The van der Waals surface area contributed by atoms with Crippen molar-refractivity contribution in [1.82, 2.24) is 24.8 Å². The molecule has 1 saturated heterocycles. The van der Waals surface area contributed by atoms with E-state index >= 15 is 0 Å². The van der Waals surface area contributed by atoms with E-state index in [4.69, 9.17) is 35.8 Å². The van der Waals surface area contributed by atoms with Crippen molar-refractivity contribution in [2.24, 2.45) is 5.92 Å². The number of rotatable bonds is 4. The number of alkyl halides is 6. The first kappa shape index (κ1) is 41.8. The first-order valence-corrected chi connectivity index (χ1v) is 16.4. The van der Waals surface area contributed by atoms with Crippen molar-refractivity contribution >= 4 is 64.2 Å². The lowest BCUT2D eigenvalue weighted by molar-refractivity contribution is -0.193. The number of hydrogen-bond acceptors (Lipinski definition) is 11. The molecule has 0 aliphatic carbocycles. The van der Waals surface area contributed by atoms with Gasteiger partial charge in [0, 0.05) is 37.1 Å². The summed E-state index contributed by atoms with van der Waals surface area (Å²) in [4.78, 5) is 62.6. The highest BCUT2D eigenvalue weighted by Gasteiger charge is 2.39. The van der Waals surface area contributed by atoms with Crippen molar-refractivity contribution in [3.05, 3.63) is 76.9 Å². The Bertz CT molecular complexity index is 2000. The molecule has 2 aliphatic heterocycles. The molecule has 55 heavy (non-hydrogen) atoms. The van der Waals surface area contributed by atoms with Crippen LogP contribution in [-0.4, -0.2) is 84.2 Å². The number of nitrogens with one attached hydrogen (secondary N) is 3. The lowest BCUT2D eigenvalue weighted by Crippen LogP contribution is -2.39. The van der Waals surface area contributed by atoms with Crippen molar-refractivity contribution < 1.29 is 60.2 Å². The third-order valence-electron chi connectivity index (χ3n) is 7.92. The van der Waals surface area contributed by atoms with Gasteiger partial charge in [0.1, 0.15) is 5.02 Å². The van der Waals surface area contributed by atoms with Crippen LogP contribution in [0.25, 0.3) is 0 Å². The maximum atomic E-state index is 13.1. The quantitative estimate of drug-likeness (QED) is 0.139. The van der Waals surface area contributed by atoms with Crippen molar-refractivity contribution in [2.45, 2.75) is 51.4 Å². The zero-order chi connectivity index (χ0) is 40.5. The first-order valence-electron chi connectivity index (χ1n) is 16.0. The largest absolute Gasteiger partial charge is 0.490 e. The number of halogens is 7. The highest BCUT2D eigenvalue weighted by atomic mass is 35.5. The highest BCUT2D eigenvalue weighted by Crippen LogP contribution is 2.30. The molecule has 1 aromatic carbocycles. The van der Waals surface area contributed by atoms with Gasteiger partial charge in [0.15, 0.2) is 12.2 Å². The van der Waals surface area contributed by atoms with Crippen LogP contribution in [0.4, 0.5) is 55.2 Å². The lowest BCUT2D eigenvalue weighted by atomic mass is 9.93. The second kappa shape index (κ2) is 17.9. The zero-order valence-electron chi connectivity index (χ0n) is 28.5. The predicted molar refractivity (Wildman–Crippen MR) is 182 cm³/mol. The van der Waals surface area contributed by atoms with E-state index < -0.39 is 24.3 Å². The summed E-state index contributed by atoms with van der Waals surface area (Å²) in [5, 5.41) is 24.2. The minimum absolute atomic E-state index is 0.0444. The molecule has 6 rings (SSSR count). The van der Waals surface area contributed by atoms with Gasteiger partial charge in [-0.25, -0.2) is 19.6 Å². The normalized spacial score (nSPS) is 14.1. The van der Waals surface area contributed by atoms with Gasteiger partial charge in [-0.2, -0.15) is 31.3 Å². The van der Waals surface area contributed by atoms with E-state index in [0.717, 1.165) is 47.5 Å². The molecule has 0 saturated carbocycles. The Hall–Kier alpha value is -5.99. The van der Waals surface area contributed by atoms with Gasteiger partial charge in [-0.3, -0.25) is 14.6 Å². The summed E-state index contributed by atoms with van der Waals surface area (Å²) in [5.74, 6) is -4.35. The Labute approximate surface area is 312 Å². The molecule has 0 spiro atoms. The van der Waals surface area contributed by atoms with Crippen LogP contribution < -0.4 is 16.0 Å². The number of fused-ring (bicyclic) bond motifs is 6.